The highest BCUT2D eigenvalue weighted by Gasteiger charge is 2.28. The van der Waals surface area contributed by atoms with E-state index in [1.54, 1.807) is 12.4 Å². The first-order chi connectivity index (χ1) is 12.7. The van der Waals surface area contributed by atoms with E-state index in [0.717, 1.165) is 53.9 Å². The SMILES string of the molecule is Cc1nc(Nc2ncccc2C)cc([C@H]2CCCN2Cc2ccn[nH]2)n1. The second-order valence-electron chi connectivity index (χ2n) is 6.73. The topological polar surface area (TPSA) is 82.6 Å². The maximum Gasteiger partial charge on any atom is 0.135 e. The van der Waals surface area contributed by atoms with Gasteiger partial charge in [0.15, 0.2) is 0 Å². The van der Waals surface area contributed by atoms with Crippen molar-refractivity contribution >= 4 is 11.6 Å². The van der Waals surface area contributed by atoms with Gasteiger partial charge in [-0.15, -0.1) is 0 Å². The number of H-pyrrole nitrogens is 1. The van der Waals surface area contributed by atoms with Crippen LogP contribution >= 0.6 is 0 Å². The van der Waals surface area contributed by atoms with Crippen LogP contribution in [0, 0.1) is 13.8 Å². The van der Waals surface area contributed by atoms with E-state index in [4.69, 9.17) is 4.98 Å². The summed E-state index contributed by atoms with van der Waals surface area (Å²) in [6.45, 7) is 5.90. The average molecular weight is 349 g/mol. The molecule has 4 rings (SSSR count). The zero-order chi connectivity index (χ0) is 17.9. The summed E-state index contributed by atoms with van der Waals surface area (Å²) in [6.07, 6.45) is 5.86. The van der Waals surface area contributed by atoms with Gasteiger partial charge in [0.2, 0.25) is 0 Å². The summed E-state index contributed by atoms with van der Waals surface area (Å²) < 4.78 is 0. The Morgan fingerprint density at radius 3 is 2.96 bits per heavy atom. The molecule has 0 saturated carbocycles. The van der Waals surface area contributed by atoms with Gasteiger partial charge in [-0.3, -0.25) is 10.00 Å². The van der Waals surface area contributed by atoms with Crippen molar-refractivity contribution in [2.75, 3.05) is 11.9 Å². The van der Waals surface area contributed by atoms with Crippen molar-refractivity contribution in [2.24, 2.45) is 0 Å². The summed E-state index contributed by atoms with van der Waals surface area (Å²) in [4.78, 5) is 16.1. The Balaban J connectivity index is 1.58. The van der Waals surface area contributed by atoms with Crippen LogP contribution in [-0.2, 0) is 6.54 Å². The van der Waals surface area contributed by atoms with E-state index in [9.17, 15) is 0 Å². The first-order valence-electron chi connectivity index (χ1n) is 8.95. The first kappa shape index (κ1) is 16.7. The maximum atomic E-state index is 4.72. The normalized spacial score (nSPS) is 17.5. The molecule has 0 radical (unpaired) electrons. The zero-order valence-corrected chi connectivity index (χ0v) is 15.1. The van der Waals surface area contributed by atoms with E-state index in [1.165, 1.54) is 6.42 Å². The van der Waals surface area contributed by atoms with Gasteiger partial charge in [-0.1, -0.05) is 6.07 Å². The Bertz CT molecular complexity index is 875. The highest BCUT2D eigenvalue weighted by atomic mass is 15.2. The van der Waals surface area contributed by atoms with Gasteiger partial charge in [0, 0.05) is 30.7 Å². The molecule has 26 heavy (non-hydrogen) atoms. The van der Waals surface area contributed by atoms with Gasteiger partial charge in [0.1, 0.15) is 17.5 Å². The third-order valence-corrected chi connectivity index (χ3v) is 4.75. The van der Waals surface area contributed by atoms with E-state index < -0.39 is 0 Å². The molecule has 1 atom stereocenters. The number of aromatic amines is 1. The lowest BCUT2D eigenvalue weighted by atomic mass is 10.1. The van der Waals surface area contributed by atoms with E-state index in [2.05, 4.69) is 36.4 Å². The Morgan fingerprint density at radius 1 is 1.23 bits per heavy atom. The summed E-state index contributed by atoms with van der Waals surface area (Å²) >= 11 is 0. The second-order valence-corrected chi connectivity index (χ2v) is 6.73. The summed E-state index contributed by atoms with van der Waals surface area (Å²) in [5, 5.41) is 10.4. The molecule has 0 aliphatic carbocycles. The molecule has 2 N–H and O–H groups in total. The average Bonchev–Trinajstić information content (AvgIpc) is 3.29. The van der Waals surface area contributed by atoms with Crippen molar-refractivity contribution in [1.82, 2.24) is 30.0 Å². The summed E-state index contributed by atoms with van der Waals surface area (Å²) in [6, 6.07) is 8.34. The maximum absolute atomic E-state index is 4.72. The van der Waals surface area contributed by atoms with Crippen LogP contribution in [0.2, 0.25) is 0 Å². The van der Waals surface area contributed by atoms with Crippen LogP contribution in [0.5, 0.6) is 0 Å². The molecule has 0 spiro atoms. The minimum Gasteiger partial charge on any atom is -0.325 e. The number of pyridine rings is 1. The van der Waals surface area contributed by atoms with Gasteiger partial charge in [-0.25, -0.2) is 15.0 Å². The van der Waals surface area contributed by atoms with Crippen LogP contribution in [0.4, 0.5) is 11.6 Å². The Kier molecular flexibility index (Phi) is 4.62. The molecule has 0 aromatic carbocycles. The van der Waals surface area contributed by atoms with Crippen molar-refractivity contribution in [3.63, 3.8) is 0 Å². The molecule has 1 saturated heterocycles. The minimum absolute atomic E-state index is 0.297. The zero-order valence-electron chi connectivity index (χ0n) is 15.1. The molecule has 0 amide bonds. The van der Waals surface area contributed by atoms with Gasteiger partial charge in [-0.2, -0.15) is 5.10 Å². The molecular weight excluding hydrogens is 326 g/mol. The van der Waals surface area contributed by atoms with Crippen LogP contribution in [0.3, 0.4) is 0 Å². The second kappa shape index (κ2) is 7.21. The van der Waals surface area contributed by atoms with Crippen molar-refractivity contribution in [3.05, 3.63) is 59.4 Å². The van der Waals surface area contributed by atoms with E-state index in [0.29, 0.717) is 6.04 Å². The number of nitrogens with zero attached hydrogens (tertiary/aromatic N) is 5. The molecule has 1 fully saturated rings. The predicted molar refractivity (Wildman–Crippen MR) is 100.0 cm³/mol. The number of aryl methyl sites for hydroxylation is 2. The molecular formula is C19H23N7. The molecule has 4 heterocycles. The van der Waals surface area contributed by atoms with Crippen molar-refractivity contribution in [1.29, 1.82) is 0 Å². The quantitative estimate of drug-likeness (QED) is 0.735. The largest absolute Gasteiger partial charge is 0.325 e. The van der Waals surface area contributed by atoms with Crippen LogP contribution in [0.1, 0.15) is 41.7 Å². The third kappa shape index (κ3) is 3.57. The molecule has 3 aromatic heterocycles. The smallest absolute Gasteiger partial charge is 0.135 e. The highest BCUT2D eigenvalue weighted by molar-refractivity contribution is 5.55. The number of hydrogen-bond donors (Lipinski definition) is 2. The van der Waals surface area contributed by atoms with Gasteiger partial charge in [0.25, 0.3) is 0 Å². The van der Waals surface area contributed by atoms with Crippen LogP contribution in [0.25, 0.3) is 0 Å². The van der Waals surface area contributed by atoms with Crippen molar-refractivity contribution in [2.45, 2.75) is 39.3 Å². The number of aromatic nitrogens is 5. The number of rotatable bonds is 5. The molecule has 1 aliphatic rings. The van der Waals surface area contributed by atoms with E-state index in [-0.39, 0.29) is 0 Å². The molecule has 0 bridgehead atoms. The fourth-order valence-electron chi connectivity index (χ4n) is 3.51. The van der Waals surface area contributed by atoms with Gasteiger partial charge >= 0.3 is 0 Å². The first-order valence-corrected chi connectivity index (χ1v) is 8.95. The summed E-state index contributed by atoms with van der Waals surface area (Å²) in [7, 11) is 0. The van der Waals surface area contributed by atoms with Crippen LogP contribution in [-0.4, -0.2) is 36.6 Å². The number of hydrogen-bond acceptors (Lipinski definition) is 6. The number of likely N-dealkylation sites (tertiary alicyclic amines) is 1. The van der Waals surface area contributed by atoms with Crippen molar-refractivity contribution in [3.8, 4) is 0 Å². The Hall–Kier alpha value is -2.80. The summed E-state index contributed by atoms with van der Waals surface area (Å²) in [5.74, 6) is 2.40. The minimum atomic E-state index is 0.297. The van der Waals surface area contributed by atoms with Crippen LogP contribution in [0.15, 0.2) is 36.7 Å². The Morgan fingerprint density at radius 2 is 2.15 bits per heavy atom. The lowest BCUT2D eigenvalue weighted by molar-refractivity contribution is 0.241. The molecule has 7 heteroatoms. The van der Waals surface area contributed by atoms with Crippen LogP contribution < -0.4 is 5.32 Å². The molecule has 0 unspecified atom stereocenters. The molecule has 134 valence electrons. The van der Waals surface area contributed by atoms with Gasteiger partial charge in [-0.05, 0) is 50.9 Å². The summed E-state index contributed by atoms with van der Waals surface area (Å²) in [5.41, 5.74) is 3.28. The third-order valence-electron chi connectivity index (χ3n) is 4.75. The fraction of sp³-hybridized carbons (Fsp3) is 0.368. The van der Waals surface area contributed by atoms with Gasteiger partial charge in [0.05, 0.1) is 11.7 Å². The van der Waals surface area contributed by atoms with Gasteiger partial charge < -0.3 is 5.32 Å². The highest BCUT2D eigenvalue weighted by Crippen LogP contribution is 2.33. The molecule has 7 nitrogen and oxygen atoms in total. The lowest BCUT2D eigenvalue weighted by Gasteiger charge is -2.24. The molecule has 3 aromatic rings. The number of anilines is 2. The molecule has 1 aliphatic heterocycles. The van der Waals surface area contributed by atoms with Crippen molar-refractivity contribution < 1.29 is 0 Å². The monoisotopic (exact) mass is 349 g/mol. The fourth-order valence-corrected chi connectivity index (χ4v) is 3.51. The standard InChI is InChI=1S/C19H23N7/c1-13-5-3-8-20-19(13)24-18-11-16(22-14(2)23-18)17-6-4-10-26(17)12-15-7-9-21-25-15/h3,5,7-9,11,17H,4,6,10,12H2,1-2H3,(H,21,25)(H,20,22,23,24)/t17-/m1/s1. The number of nitrogens with one attached hydrogen (secondary N) is 2. The predicted octanol–water partition coefficient (Wildman–Crippen LogP) is 3.29. The Labute approximate surface area is 152 Å². The van der Waals surface area contributed by atoms with E-state index >= 15 is 0 Å². The lowest BCUT2D eigenvalue weighted by Crippen LogP contribution is -2.24. The van der Waals surface area contributed by atoms with E-state index in [1.807, 2.05) is 32.0 Å².